The van der Waals surface area contributed by atoms with E-state index >= 15 is 0 Å². The molecule has 0 spiro atoms. The first-order valence-electron chi connectivity index (χ1n) is 21.6. The number of carbonyl (C=O) groups is 1. The minimum Gasteiger partial charge on any atom is -0.287 e. The number of pyridine rings is 1. The van der Waals surface area contributed by atoms with Crippen LogP contribution in [0.5, 0.6) is 0 Å². The molecule has 0 amide bonds. The Morgan fingerprint density at radius 1 is 0.392 bits per heavy atom. The molecule has 0 unspecified atom stereocenters. The van der Waals surface area contributed by atoms with E-state index in [1.165, 1.54) is 0 Å². The van der Waals surface area contributed by atoms with Gasteiger partial charge in [0.15, 0.2) is 6.20 Å². The highest BCUT2D eigenvalue weighted by Gasteiger charge is 2.47. The van der Waals surface area contributed by atoms with Gasteiger partial charge in [-0.15, -0.1) is 0 Å². The number of Topliss-reactive ketones (excluding diaryl/α,β-unsaturated/α-hetero) is 1. The molecule has 1 aromatic heterocycles. The third kappa shape index (κ3) is 13.6. The lowest BCUT2D eigenvalue weighted by Crippen LogP contribution is -2.75. The van der Waals surface area contributed by atoms with E-state index in [-0.39, 0.29) is 12.3 Å². The molecule has 0 atom stereocenters. The SMILES string of the molecule is C=C(Cl)c1c2ccccc2cc[n+]1CC(=O)c1ccccc1.FC(F)(F)c1cc([B-](c2cc(C(F)(F)F)cc(C(F)(F)F)c2)(c2cc(C(F)(F)F)cc(C(F)(F)F)c2)c2cc(C(F)(F)F)cc(C(F)(F)F)c2)cc(C(F)(F)F)c1. The number of carbonyl (C=O) groups excluding carboxylic acids is 1. The molecule has 420 valence electrons. The fourth-order valence-corrected chi connectivity index (χ4v) is 8.84. The summed E-state index contributed by atoms with van der Waals surface area (Å²) in [7, 11) is 0. The van der Waals surface area contributed by atoms with E-state index in [2.05, 4.69) is 6.58 Å². The van der Waals surface area contributed by atoms with Crippen molar-refractivity contribution in [1.82, 2.24) is 0 Å². The summed E-state index contributed by atoms with van der Waals surface area (Å²) in [6.07, 6.45) is -52.9. The zero-order valence-corrected chi connectivity index (χ0v) is 39.3. The number of hydrogen-bond donors (Lipinski definition) is 0. The molecule has 0 saturated carbocycles. The zero-order chi connectivity index (χ0) is 59.4. The highest BCUT2D eigenvalue weighted by atomic mass is 35.5. The van der Waals surface area contributed by atoms with Gasteiger partial charge in [-0.05, 0) is 35.7 Å². The average Bonchev–Trinajstić information content (AvgIpc) is 3.38. The molecule has 0 bridgehead atoms. The van der Waals surface area contributed by atoms with Crippen molar-refractivity contribution in [3.05, 3.63) is 202 Å². The molecule has 0 aliphatic rings. The van der Waals surface area contributed by atoms with Crippen LogP contribution in [0.2, 0.25) is 0 Å². The van der Waals surface area contributed by atoms with E-state index in [1.54, 1.807) is 0 Å². The van der Waals surface area contributed by atoms with Crippen molar-refractivity contribution in [2.75, 3.05) is 0 Å². The zero-order valence-electron chi connectivity index (χ0n) is 38.6. The fourth-order valence-electron chi connectivity index (χ4n) is 8.63. The van der Waals surface area contributed by atoms with Gasteiger partial charge in [0.2, 0.25) is 18.0 Å². The summed E-state index contributed by atoms with van der Waals surface area (Å²) >= 11 is 6.19. The van der Waals surface area contributed by atoms with Gasteiger partial charge in [-0.3, -0.25) is 4.79 Å². The molecule has 0 saturated heterocycles. The Morgan fingerprint density at radius 3 is 0.924 bits per heavy atom. The van der Waals surface area contributed by atoms with E-state index in [0.29, 0.717) is 10.6 Å². The van der Waals surface area contributed by atoms with E-state index in [4.69, 9.17) is 11.6 Å². The summed E-state index contributed by atoms with van der Waals surface area (Å²) in [6.45, 7) is 4.08. The van der Waals surface area contributed by atoms with Crippen LogP contribution < -0.4 is 26.4 Å². The molecular weight excluding hydrogens is 1140 g/mol. The smallest absolute Gasteiger partial charge is 0.287 e. The predicted molar refractivity (Wildman–Crippen MR) is 240 cm³/mol. The van der Waals surface area contributed by atoms with Gasteiger partial charge < -0.3 is 0 Å². The first-order valence-corrected chi connectivity index (χ1v) is 22.0. The van der Waals surface area contributed by atoms with Crippen molar-refractivity contribution in [2.24, 2.45) is 0 Å². The van der Waals surface area contributed by atoms with E-state index in [9.17, 15) is 110 Å². The molecule has 2 nitrogen and oxygen atoms in total. The van der Waals surface area contributed by atoms with Crippen LogP contribution in [0.1, 0.15) is 60.6 Å². The second kappa shape index (κ2) is 21.1. The lowest BCUT2D eigenvalue weighted by molar-refractivity contribution is -0.683. The maximum Gasteiger partial charge on any atom is 0.416 e. The first kappa shape index (κ1) is 61.0. The highest BCUT2D eigenvalue weighted by Crippen LogP contribution is 2.41. The number of nitrogens with zero attached hydrogens (tertiary/aromatic N) is 1. The maximum absolute atomic E-state index is 14.2. The molecular formula is C51H27BClF24NO. The van der Waals surface area contributed by atoms with Crippen molar-refractivity contribution < 1.29 is 115 Å². The fraction of sp³-hybridized carbons (Fsp3) is 0.176. The van der Waals surface area contributed by atoms with Crippen LogP contribution in [0.4, 0.5) is 105 Å². The van der Waals surface area contributed by atoms with Gasteiger partial charge >= 0.3 is 49.4 Å². The van der Waals surface area contributed by atoms with Gasteiger partial charge in [-0.2, -0.15) is 132 Å². The van der Waals surface area contributed by atoms with Crippen molar-refractivity contribution in [3.63, 3.8) is 0 Å². The Morgan fingerprint density at radius 2 is 0.658 bits per heavy atom. The minimum atomic E-state index is -6.13. The maximum atomic E-state index is 14.2. The van der Waals surface area contributed by atoms with E-state index in [0.717, 1.165) is 16.5 Å². The summed E-state index contributed by atoms with van der Waals surface area (Å²) in [5.41, 5.74) is -28.7. The van der Waals surface area contributed by atoms with Gasteiger partial charge in [0, 0.05) is 11.6 Å². The van der Waals surface area contributed by atoms with Crippen LogP contribution in [0.3, 0.4) is 0 Å². The second-order valence-electron chi connectivity index (χ2n) is 17.3. The van der Waals surface area contributed by atoms with Crippen molar-refractivity contribution in [2.45, 2.75) is 56.0 Å². The van der Waals surface area contributed by atoms with Crippen LogP contribution in [0.15, 0.2) is 146 Å². The van der Waals surface area contributed by atoms with Gasteiger partial charge in [-0.1, -0.05) is 115 Å². The molecule has 0 radical (unpaired) electrons. The molecule has 0 aliphatic heterocycles. The Bertz CT molecular complexity index is 2980. The molecule has 1 heterocycles. The Hall–Kier alpha value is -7.19. The standard InChI is InChI=1S/C32H12BF24.C19H15ClNO/c34-25(35,36)13-1-14(26(37,38)39)6-21(5-13)33(22-7-15(27(40,41)42)2-16(8-22)28(43,44)45,23-9-17(29(46,47)48)3-18(10-23)30(49,50)51)24-11-19(31(52,53)54)4-20(12-24)32(55,56)57;1-14(20)19-17-10-6-5-7-15(17)11-12-21(19)13-18(22)16-8-3-2-4-9-16/h1-12H;2-12H,1,13H2/q-1;+1. The third-order valence-corrected chi connectivity index (χ3v) is 12.2. The highest BCUT2D eigenvalue weighted by molar-refractivity contribution is 7.20. The van der Waals surface area contributed by atoms with Gasteiger partial charge in [0.05, 0.1) is 49.9 Å². The van der Waals surface area contributed by atoms with E-state index in [1.807, 2.05) is 71.4 Å². The number of ketones is 1. The lowest BCUT2D eigenvalue weighted by atomic mass is 9.12. The lowest BCUT2D eigenvalue weighted by Gasteiger charge is -2.46. The van der Waals surface area contributed by atoms with Crippen molar-refractivity contribution in [1.29, 1.82) is 0 Å². The van der Waals surface area contributed by atoms with Crippen LogP contribution in [-0.2, 0) is 56.0 Å². The summed E-state index contributed by atoms with van der Waals surface area (Å²) in [5, 5.41) is 2.49. The number of halogens is 25. The van der Waals surface area contributed by atoms with Gasteiger partial charge in [0.1, 0.15) is 11.2 Å². The summed E-state index contributed by atoms with van der Waals surface area (Å²) in [6, 6.07) is 10.4. The molecule has 0 aliphatic carbocycles. The minimum absolute atomic E-state index is 0.0417. The molecule has 0 fully saturated rings. The summed E-state index contributed by atoms with van der Waals surface area (Å²) in [4.78, 5) is 12.4. The molecule has 28 heteroatoms. The number of alkyl halides is 24. The van der Waals surface area contributed by atoms with Crippen molar-refractivity contribution in [3.8, 4) is 0 Å². The van der Waals surface area contributed by atoms with Crippen LogP contribution in [0.25, 0.3) is 15.8 Å². The first-order chi connectivity index (χ1) is 35.9. The summed E-state index contributed by atoms with van der Waals surface area (Å²) in [5.74, 6) is 0.0417. The Balaban J connectivity index is 0.000000378. The van der Waals surface area contributed by atoms with Crippen LogP contribution in [0, 0.1) is 0 Å². The number of rotatable bonds is 8. The molecule has 79 heavy (non-hydrogen) atoms. The summed E-state index contributed by atoms with van der Waals surface area (Å²) < 4.78 is 343. The molecule has 7 aromatic rings. The van der Waals surface area contributed by atoms with Gasteiger partial charge in [-0.25, -0.2) is 0 Å². The Labute approximate surface area is 433 Å². The number of benzene rings is 6. The number of aromatic nitrogens is 1. The second-order valence-corrected chi connectivity index (χ2v) is 17.8. The van der Waals surface area contributed by atoms with Crippen LogP contribution >= 0.6 is 11.6 Å². The molecule has 0 N–H and O–H groups in total. The normalized spacial score (nSPS) is 13.3. The molecule has 6 aromatic carbocycles. The average molecular weight is 1170 g/mol. The quantitative estimate of drug-likeness (QED) is 0.0643. The topological polar surface area (TPSA) is 20.9 Å². The third-order valence-electron chi connectivity index (χ3n) is 12.0. The largest absolute Gasteiger partial charge is 0.416 e. The van der Waals surface area contributed by atoms with E-state index < -0.39 is 195 Å². The van der Waals surface area contributed by atoms with Crippen LogP contribution in [-0.4, -0.2) is 11.9 Å². The monoisotopic (exact) mass is 1170 g/mol. The van der Waals surface area contributed by atoms with Crippen molar-refractivity contribution >= 4 is 61.2 Å². The Kier molecular flexibility index (Phi) is 16.3. The predicted octanol–water partition coefficient (Wildman–Crippen LogP) is 15.4. The van der Waals surface area contributed by atoms with Gasteiger partial charge in [0.25, 0.3) is 0 Å². The number of fused-ring (bicyclic) bond motifs is 1. The number of hydrogen-bond acceptors (Lipinski definition) is 1. The molecule has 7 rings (SSSR count).